The van der Waals surface area contributed by atoms with Crippen molar-refractivity contribution in [1.82, 2.24) is 15.5 Å². The molecule has 1 fully saturated rings. The zero-order valence-electron chi connectivity index (χ0n) is 19.1. The van der Waals surface area contributed by atoms with Gasteiger partial charge in [-0.3, -0.25) is 0 Å². The molecule has 174 valence electrons. The Morgan fingerprint density at radius 3 is 2.62 bits per heavy atom. The van der Waals surface area contributed by atoms with Crippen molar-refractivity contribution >= 4 is 41.7 Å². The Kier molecular flexibility index (Phi) is 10.6. The Balaban J connectivity index is 0.00000363. The minimum absolute atomic E-state index is 0. The van der Waals surface area contributed by atoms with E-state index in [-0.39, 0.29) is 30.0 Å². The zero-order valence-corrected chi connectivity index (χ0v) is 21.4. The molecule has 1 aliphatic heterocycles. The average Bonchev–Trinajstić information content (AvgIpc) is 3.32. The highest BCUT2D eigenvalue weighted by atomic mass is 127. The fourth-order valence-corrected chi connectivity index (χ4v) is 3.56. The molecule has 0 radical (unpaired) electrons. The van der Waals surface area contributed by atoms with E-state index < -0.39 is 0 Å². The van der Waals surface area contributed by atoms with Crippen LogP contribution in [-0.4, -0.2) is 43.6 Å². The fourth-order valence-electron chi connectivity index (χ4n) is 3.56. The lowest BCUT2D eigenvalue weighted by molar-refractivity contribution is 0.222. The van der Waals surface area contributed by atoms with Crippen molar-refractivity contribution in [2.75, 3.05) is 32.1 Å². The fraction of sp³-hybridized carbons (Fsp3) is 0.417. The molecule has 32 heavy (non-hydrogen) atoms. The van der Waals surface area contributed by atoms with Crippen molar-refractivity contribution in [3.63, 3.8) is 0 Å². The third-order valence-electron chi connectivity index (χ3n) is 5.22. The summed E-state index contributed by atoms with van der Waals surface area (Å²) in [6, 6.07) is 14.0. The number of benzene rings is 2. The Labute approximate surface area is 208 Å². The predicted octanol–water partition coefficient (Wildman–Crippen LogP) is 4.50. The third-order valence-corrected chi connectivity index (χ3v) is 5.22. The molecule has 1 aliphatic rings. The van der Waals surface area contributed by atoms with Crippen LogP contribution >= 0.6 is 24.0 Å². The van der Waals surface area contributed by atoms with E-state index in [2.05, 4.69) is 28.1 Å². The van der Waals surface area contributed by atoms with Gasteiger partial charge in [0.25, 0.3) is 0 Å². The minimum atomic E-state index is -0.0276. The van der Waals surface area contributed by atoms with Gasteiger partial charge in [-0.05, 0) is 56.0 Å². The van der Waals surface area contributed by atoms with Crippen molar-refractivity contribution in [3.8, 4) is 5.75 Å². The molecule has 8 heteroatoms. The van der Waals surface area contributed by atoms with Crippen LogP contribution in [0.3, 0.4) is 0 Å². The van der Waals surface area contributed by atoms with Gasteiger partial charge in [0.2, 0.25) is 0 Å². The normalized spacial score (nSPS) is 13.3. The molecule has 0 atom stereocenters. The van der Waals surface area contributed by atoms with E-state index in [9.17, 15) is 4.79 Å². The van der Waals surface area contributed by atoms with E-state index in [4.69, 9.17) is 9.73 Å². The summed E-state index contributed by atoms with van der Waals surface area (Å²) in [5, 5.41) is 9.64. The van der Waals surface area contributed by atoms with Crippen molar-refractivity contribution in [2.24, 2.45) is 4.99 Å². The number of carbonyl (C=O) groups is 1. The maximum Gasteiger partial charge on any atom is 0.321 e. The van der Waals surface area contributed by atoms with Crippen LogP contribution in [0.2, 0.25) is 0 Å². The number of likely N-dealkylation sites (tertiary alicyclic amines) is 1. The van der Waals surface area contributed by atoms with Gasteiger partial charge in [0, 0.05) is 37.4 Å². The van der Waals surface area contributed by atoms with Crippen molar-refractivity contribution < 1.29 is 9.53 Å². The van der Waals surface area contributed by atoms with Gasteiger partial charge in [0.15, 0.2) is 5.96 Å². The lowest BCUT2D eigenvalue weighted by Gasteiger charge is -2.16. The Morgan fingerprint density at radius 2 is 1.91 bits per heavy atom. The number of halogens is 1. The number of urea groups is 1. The monoisotopic (exact) mass is 551 g/mol. The summed E-state index contributed by atoms with van der Waals surface area (Å²) in [6.45, 7) is 7.64. The molecule has 2 amide bonds. The standard InChI is InChI=1S/C24H33N5O2.HI/c1-4-25-23(27-17-20-11-10-18(2)14-22(20)31-3)26-16-19-8-7-9-21(15-19)28-24(30)29-12-5-6-13-29;/h7-11,14-15H,4-6,12-13,16-17H2,1-3H3,(H,28,30)(H2,25,26,27);1H. The number of ether oxygens (including phenoxy) is 1. The largest absolute Gasteiger partial charge is 0.496 e. The molecule has 7 nitrogen and oxygen atoms in total. The summed E-state index contributed by atoms with van der Waals surface area (Å²) in [5.41, 5.74) is 4.07. The van der Waals surface area contributed by atoms with Crippen molar-refractivity contribution in [3.05, 3.63) is 59.2 Å². The number of anilines is 1. The van der Waals surface area contributed by atoms with Gasteiger partial charge < -0.3 is 25.6 Å². The van der Waals surface area contributed by atoms with Crippen LogP contribution in [0.5, 0.6) is 5.75 Å². The topological polar surface area (TPSA) is 78.0 Å². The first kappa shape index (κ1) is 25.8. The highest BCUT2D eigenvalue weighted by Crippen LogP contribution is 2.19. The number of guanidine groups is 1. The van der Waals surface area contributed by atoms with Crippen molar-refractivity contribution in [2.45, 2.75) is 39.8 Å². The van der Waals surface area contributed by atoms with Gasteiger partial charge in [-0.2, -0.15) is 0 Å². The molecule has 3 N–H and O–H groups in total. The van der Waals surface area contributed by atoms with Gasteiger partial charge in [0.05, 0.1) is 13.7 Å². The second-order valence-corrected chi connectivity index (χ2v) is 7.69. The molecule has 2 aromatic carbocycles. The maximum atomic E-state index is 12.3. The Morgan fingerprint density at radius 1 is 1.12 bits per heavy atom. The maximum absolute atomic E-state index is 12.3. The quantitative estimate of drug-likeness (QED) is 0.269. The summed E-state index contributed by atoms with van der Waals surface area (Å²) in [6.07, 6.45) is 2.16. The number of hydrogen-bond acceptors (Lipinski definition) is 3. The number of amides is 2. The Bertz CT molecular complexity index is 913. The lowest BCUT2D eigenvalue weighted by atomic mass is 10.1. The molecule has 0 unspecified atom stereocenters. The lowest BCUT2D eigenvalue weighted by Crippen LogP contribution is -2.36. The van der Waals surface area contributed by atoms with Crippen LogP contribution < -0.4 is 20.7 Å². The average molecular weight is 551 g/mol. The number of rotatable bonds is 7. The molecule has 0 saturated carbocycles. The molecular formula is C24H34IN5O2. The molecule has 0 spiro atoms. The zero-order chi connectivity index (χ0) is 22.1. The van der Waals surface area contributed by atoms with E-state index in [1.54, 1.807) is 7.11 Å². The molecule has 3 rings (SSSR count). The van der Waals surface area contributed by atoms with Gasteiger partial charge in [-0.15, -0.1) is 24.0 Å². The number of hydrogen-bond donors (Lipinski definition) is 3. The number of aryl methyl sites for hydroxylation is 1. The predicted molar refractivity (Wildman–Crippen MR) is 141 cm³/mol. The van der Waals surface area contributed by atoms with E-state index >= 15 is 0 Å². The van der Waals surface area contributed by atoms with E-state index in [1.807, 2.05) is 49.1 Å². The molecular weight excluding hydrogens is 517 g/mol. The van der Waals surface area contributed by atoms with E-state index in [0.29, 0.717) is 13.1 Å². The SMILES string of the molecule is CCNC(=NCc1cccc(NC(=O)N2CCCC2)c1)NCc1ccc(C)cc1OC.I. The molecule has 1 heterocycles. The van der Waals surface area contributed by atoms with E-state index in [1.165, 1.54) is 0 Å². The molecule has 1 saturated heterocycles. The minimum Gasteiger partial charge on any atom is -0.496 e. The summed E-state index contributed by atoms with van der Waals surface area (Å²) in [7, 11) is 1.69. The molecule has 0 aliphatic carbocycles. The number of nitrogens with zero attached hydrogens (tertiary/aromatic N) is 2. The first-order valence-electron chi connectivity index (χ1n) is 10.9. The highest BCUT2D eigenvalue weighted by Gasteiger charge is 2.17. The van der Waals surface area contributed by atoms with Crippen molar-refractivity contribution in [1.29, 1.82) is 0 Å². The first-order chi connectivity index (χ1) is 15.1. The van der Waals surface area contributed by atoms with Crippen LogP contribution in [0.4, 0.5) is 10.5 Å². The van der Waals surface area contributed by atoms with Crippen LogP contribution in [0.15, 0.2) is 47.5 Å². The van der Waals surface area contributed by atoms with Crippen LogP contribution in [0, 0.1) is 6.92 Å². The summed E-state index contributed by atoms with van der Waals surface area (Å²) >= 11 is 0. The number of aliphatic imine (C=N–C) groups is 1. The first-order valence-corrected chi connectivity index (χ1v) is 10.9. The van der Waals surface area contributed by atoms with Gasteiger partial charge in [-0.1, -0.05) is 24.3 Å². The number of carbonyl (C=O) groups excluding carboxylic acids is 1. The molecule has 2 aromatic rings. The third kappa shape index (κ3) is 7.58. The summed E-state index contributed by atoms with van der Waals surface area (Å²) in [4.78, 5) is 18.9. The number of methoxy groups -OCH3 is 1. The van der Waals surface area contributed by atoms with Gasteiger partial charge in [-0.25, -0.2) is 9.79 Å². The molecule has 0 aromatic heterocycles. The summed E-state index contributed by atoms with van der Waals surface area (Å²) in [5.74, 6) is 1.60. The number of nitrogens with one attached hydrogen (secondary N) is 3. The summed E-state index contributed by atoms with van der Waals surface area (Å²) < 4.78 is 5.49. The second kappa shape index (κ2) is 13.1. The van der Waals surface area contributed by atoms with Gasteiger partial charge >= 0.3 is 6.03 Å². The smallest absolute Gasteiger partial charge is 0.321 e. The van der Waals surface area contributed by atoms with E-state index in [0.717, 1.165) is 66.6 Å². The van der Waals surface area contributed by atoms with Crippen LogP contribution in [0.25, 0.3) is 0 Å². The Hall–Kier alpha value is -2.49. The highest BCUT2D eigenvalue weighted by molar-refractivity contribution is 14.0. The molecule has 0 bridgehead atoms. The van der Waals surface area contributed by atoms with Gasteiger partial charge in [0.1, 0.15) is 5.75 Å². The second-order valence-electron chi connectivity index (χ2n) is 7.69. The van der Waals surface area contributed by atoms with Crippen LogP contribution in [0.1, 0.15) is 36.5 Å². The van der Waals surface area contributed by atoms with Crippen LogP contribution in [-0.2, 0) is 13.1 Å².